The van der Waals surface area contributed by atoms with E-state index in [-0.39, 0.29) is 5.54 Å². The van der Waals surface area contributed by atoms with Crippen LogP contribution in [0.1, 0.15) is 51.5 Å². The van der Waals surface area contributed by atoms with Gasteiger partial charge in [-0.15, -0.1) is 11.8 Å². The molecule has 0 saturated heterocycles. The van der Waals surface area contributed by atoms with E-state index in [2.05, 4.69) is 50.4 Å². The molecule has 2 heteroatoms. The lowest BCUT2D eigenvalue weighted by atomic mass is 9.95. The van der Waals surface area contributed by atoms with Gasteiger partial charge in [0.05, 0.1) is 0 Å². The van der Waals surface area contributed by atoms with Gasteiger partial charge in [0.15, 0.2) is 0 Å². The lowest BCUT2D eigenvalue weighted by molar-refractivity contribution is 0.415. The van der Waals surface area contributed by atoms with Gasteiger partial charge in [0, 0.05) is 16.2 Å². The highest BCUT2D eigenvalue weighted by molar-refractivity contribution is 7.99. The summed E-state index contributed by atoms with van der Waals surface area (Å²) >= 11 is 2.03. The molecule has 0 spiro atoms. The van der Waals surface area contributed by atoms with E-state index >= 15 is 0 Å². The Morgan fingerprint density at radius 1 is 1.22 bits per heavy atom. The van der Waals surface area contributed by atoms with Gasteiger partial charge in [-0.25, -0.2) is 0 Å². The predicted molar refractivity (Wildman–Crippen MR) is 81.5 cm³/mol. The molecule has 1 unspecified atom stereocenters. The first-order valence-corrected chi connectivity index (χ1v) is 8.01. The molecular formula is C16H25NS. The highest BCUT2D eigenvalue weighted by Gasteiger charge is 2.21. The van der Waals surface area contributed by atoms with Gasteiger partial charge in [0.2, 0.25) is 0 Å². The molecule has 0 aliphatic carbocycles. The standard InChI is InChI=1S/C16H25NS/c1-16(2,3)17-11-7-6-8-13-12-18-15-10-5-4-9-14(13)15/h4-5,9-10,13,17H,6-8,11-12H2,1-3H3. The Balaban J connectivity index is 1.70. The minimum atomic E-state index is 0.260. The summed E-state index contributed by atoms with van der Waals surface area (Å²) in [5, 5.41) is 3.56. The first-order chi connectivity index (χ1) is 8.56. The van der Waals surface area contributed by atoms with Crippen molar-refractivity contribution in [1.82, 2.24) is 5.32 Å². The second-order valence-electron chi connectivity index (χ2n) is 6.22. The van der Waals surface area contributed by atoms with Crippen LogP contribution in [0, 0.1) is 0 Å². The molecule has 0 amide bonds. The monoisotopic (exact) mass is 263 g/mol. The molecular weight excluding hydrogens is 238 g/mol. The third-order valence-electron chi connectivity index (χ3n) is 3.43. The fourth-order valence-corrected chi connectivity index (χ4v) is 3.75. The van der Waals surface area contributed by atoms with Crippen LogP contribution >= 0.6 is 11.8 Å². The van der Waals surface area contributed by atoms with Crippen LogP contribution in [0.25, 0.3) is 0 Å². The highest BCUT2D eigenvalue weighted by atomic mass is 32.2. The van der Waals surface area contributed by atoms with Crippen molar-refractivity contribution in [2.75, 3.05) is 12.3 Å². The van der Waals surface area contributed by atoms with Gasteiger partial charge in [0.25, 0.3) is 0 Å². The molecule has 1 aliphatic rings. The maximum atomic E-state index is 3.56. The molecule has 1 nitrogen and oxygen atoms in total. The summed E-state index contributed by atoms with van der Waals surface area (Å²) in [4.78, 5) is 1.51. The quantitative estimate of drug-likeness (QED) is 0.789. The van der Waals surface area contributed by atoms with E-state index in [1.165, 1.54) is 29.9 Å². The van der Waals surface area contributed by atoms with Gasteiger partial charge in [-0.3, -0.25) is 0 Å². The maximum Gasteiger partial charge on any atom is 0.0107 e. The van der Waals surface area contributed by atoms with Crippen LogP contribution in [-0.4, -0.2) is 17.8 Å². The summed E-state index contributed by atoms with van der Waals surface area (Å²) < 4.78 is 0. The Labute approximate surface area is 116 Å². The Bertz CT molecular complexity index is 381. The smallest absolute Gasteiger partial charge is 0.0107 e. The highest BCUT2D eigenvalue weighted by Crippen LogP contribution is 2.41. The summed E-state index contributed by atoms with van der Waals surface area (Å²) in [5.74, 6) is 2.08. The molecule has 1 atom stereocenters. The average Bonchev–Trinajstić information content (AvgIpc) is 2.71. The van der Waals surface area contributed by atoms with Gasteiger partial charge in [-0.05, 0) is 57.7 Å². The average molecular weight is 263 g/mol. The zero-order valence-electron chi connectivity index (χ0n) is 11.8. The van der Waals surface area contributed by atoms with E-state index in [1.807, 2.05) is 11.8 Å². The molecule has 0 fully saturated rings. The number of unbranched alkanes of at least 4 members (excludes halogenated alkanes) is 1. The van der Waals surface area contributed by atoms with Crippen molar-refractivity contribution in [3.05, 3.63) is 29.8 Å². The van der Waals surface area contributed by atoms with Crippen molar-refractivity contribution in [2.45, 2.75) is 56.4 Å². The molecule has 1 N–H and O–H groups in total. The molecule has 1 aliphatic heterocycles. The first-order valence-electron chi connectivity index (χ1n) is 7.03. The Hall–Kier alpha value is -0.470. The summed E-state index contributed by atoms with van der Waals surface area (Å²) in [6, 6.07) is 8.91. The lowest BCUT2D eigenvalue weighted by Crippen LogP contribution is -2.36. The van der Waals surface area contributed by atoms with E-state index in [0.29, 0.717) is 0 Å². The van der Waals surface area contributed by atoms with Gasteiger partial charge >= 0.3 is 0 Å². The van der Waals surface area contributed by atoms with Gasteiger partial charge in [-0.2, -0.15) is 0 Å². The third kappa shape index (κ3) is 4.03. The van der Waals surface area contributed by atoms with Crippen molar-refractivity contribution >= 4 is 11.8 Å². The molecule has 0 saturated carbocycles. The fourth-order valence-electron chi connectivity index (χ4n) is 2.45. The Morgan fingerprint density at radius 3 is 2.78 bits per heavy atom. The van der Waals surface area contributed by atoms with Crippen LogP contribution in [0.4, 0.5) is 0 Å². The van der Waals surface area contributed by atoms with Crippen LogP contribution < -0.4 is 5.32 Å². The molecule has 0 radical (unpaired) electrons. The number of benzene rings is 1. The van der Waals surface area contributed by atoms with E-state index in [4.69, 9.17) is 0 Å². The molecule has 1 aromatic carbocycles. The Kier molecular flexibility index (Phi) is 4.74. The first kappa shape index (κ1) is 14.0. The van der Waals surface area contributed by atoms with Crippen LogP contribution in [0.15, 0.2) is 29.2 Å². The topological polar surface area (TPSA) is 12.0 Å². The molecule has 1 aromatic rings. The number of rotatable bonds is 5. The number of hydrogen-bond acceptors (Lipinski definition) is 2. The zero-order valence-corrected chi connectivity index (χ0v) is 12.6. The third-order valence-corrected chi connectivity index (χ3v) is 4.69. The lowest BCUT2D eigenvalue weighted by Gasteiger charge is -2.20. The number of hydrogen-bond donors (Lipinski definition) is 1. The predicted octanol–water partition coefficient (Wildman–Crippen LogP) is 4.43. The van der Waals surface area contributed by atoms with E-state index < -0.39 is 0 Å². The van der Waals surface area contributed by atoms with Crippen molar-refractivity contribution in [1.29, 1.82) is 0 Å². The molecule has 18 heavy (non-hydrogen) atoms. The van der Waals surface area contributed by atoms with E-state index in [0.717, 1.165) is 12.5 Å². The second kappa shape index (κ2) is 6.12. The largest absolute Gasteiger partial charge is 0.312 e. The normalized spacial score (nSPS) is 18.9. The second-order valence-corrected chi connectivity index (χ2v) is 7.28. The van der Waals surface area contributed by atoms with Gasteiger partial charge in [0.1, 0.15) is 0 Å². The van der Waals surface area contributed by atoms with Crippen LogP contribution in [0.5, 0.6) is 0 Å². The van der Waals surface area contributed by atoms with Crippen molar-refractivity contribution in [3.8, 4) is 0 Å². The maximum absolute atomic E-state index is 3.56. The van der Waals surface area contributed by atoms with Gasteiger partial charge in [-0.1, -0.05) is 24.6 Å². The van der Waals surface area contributed by atoms with Gasteiger partial charge < -0.3 is 5.32 Å². The molecule has 100 valence electrons. The molecule has 0 aromatic heterocycles. The van der Waals surface area contributed by atoms with Crippen LogP contribution in [0.3, 0.4) is 0 Å². The molecule has 2 rings (SSSR count). The Morgan fingerprint density at radius 2 is 2.00 bits per heavy atom. The van der Waals surface area contributed by atoms with Crippen molar-refractivity contribution in [2.24, 2.45) is 0 Å². The van der Waals surface area contributed by atoms with E-state index in [1.54, 1.807) is 5.56 Å². The fraction of sp³-hybridized carbons (Fsp3) is 0.625. The van der Waals surface area contributed by atoms with Crippen molar-refractivity contribution < 1.29 is 0 Å². The summed E-state index contributed by atoms with van der Waals surface area (Å²) in [6.07, 6.45) is 3.97. The minimum absolute atomic E-state index is 0.260. The summed E-state index contributed by atoms with van der Waals surface area (Å²) in [7, 11) is 0. The SMILES string of the molecule is CC(C)(C)NCCCCC1CSc2ccccc21. The number of thioether (sulfide) groups is 1. The summed E-state index contributed by atoms with van der Waals surface area (Å²) in [6.45, 7) is 7.84. The zero-order chi connectivity index (χ0) is 13.0. The summed E-state index contributed by atoms with van der Waals surface area (Å²) in [5.41, 5.74) is 1.85. The number of nitrogens with one attached hydrogen (secondary N) is 1. The van der Waals surface area contributed by atoms with Crippen LogP contribution in [-0.2, 0) is 0 Å². The van der Waals surface area contributed by atoms with E-state index in [9.17, 15) is 0 Å². The molecule has 1 heterocycles. The number of fused-ring (bicyclic) bond motifs is 1. The molecule has 0 bridgehead atoms. The van der Waals surface area contributed by atoms with Crippen LogP contribution in [0.2, 0.25) is 0 Å². The minimum Gasteiger partial charge on any atom is -0.312 e. The van der Waals surface area contributed by atoms with Crippen molar-refractivity contribution in [3.63, 3.8) is 0 Å².